The summed E-state index contributed by atoms with van der Waals surface area (Å²) in [4.78, 5) is 12.0. The third kappa shape index (κ3) is 5.73. The molecule has 1 amide bonds. The van der Waals surface area contributed by atoms with Gasteiger partial charge in [0.1, 0.15) is 11.4 Å². The molecule has 1 unspecified atom stereocenters. The Morgan fingerprint density at radius 3 is 2.68 bits per heavy atom. The first-order chi connectivity index (χ1) is 13.3. The van der Waals surface area contributed by atoms with Crippen molar-refractivity contribution in [1.82, 2.24) is 15.1 Å². The predicted molar refractivity (Wildman–Crippen MR) is 105 cm³/mol. The standard InChI is InChI=1S/C21H29N3O4/c1-21(2,3)28-20(25)22-16-7-8-18-11-17(23-24(18)12-16)14-27-13-15-5-9-19(26-4)10-6-15/h5-6,9-11,16H,7-8,12-14H2,1-4H3,(H,22,25). The van der Waals surface area contributed by atoms with Gasteiger partial charge in [0.05, 0.1) is 38.6 Å². The third-order valence-electron chi connectivity index (χ3n) is 4.45. The Bertz CT molecular complexity index is 793. The summed E-state index contributed by atoms with van der Waals surface area (Å²) in [6.45, 7) is 7.20. The summed E-state index contributed by atoms with van der Waals surface area (Å²) in [6, 6.07) is 9.93. The molecular weight excluding hydrogens is 358 g/mol. The molecule has 0 saturated heterocycles. The van der Waals surface area contributed by atoms with Crippen LogP contribution in [0.25, 0.3) is 0 Å². The Labute approximate surface area is 166 Å². The first-order valence-corrected chi connectivity index (χ1v) is 9.58. The summed E-state index contributed by atoms with van der Waals surface area (Å²) in [5, 5.41) is 7.56. The number of hydrogen-bond donors (Lipinski definition) is 1. The summed E-state index contributed by atoms with van der Waals surface area (Å²) in [6.07, 6.45) is 1.36. The van der Waals surface area contributed by atoms with Crippen LogP contribution in [-0.2, 0) is 35.7 Å². The fourth-order valence-corrected chi connectivity index (χ4v) is 3.15. The quantitative estimate of drug-likeness (QED) is 0.822. The maximum atomic E-state index is 12.0. The number of amides is 1. The van der Waals surface area contributed by atoms with E-state index in [9.17, 15) is 4.79 Å². The molecule has 28 heavy (non-hydrogen) atoms. The number of fused-ring (bicyclic) bond motifs is 1. The van der Waals surface area contributed by atoms with E-state index in [4.69, 9.17) is 14.2 Å². The van der Waals surface area contributed by atoms with Gasteiger partial charge in [-0.3, -0.25) is 4.68 Å². The van der Waals surface area contributed by atoms with Crippen molar-refractivity contribution >= 4 is 6.09 Å². The number of alkyl carbamates (subject to hydrolysis) is 1. The largest absolute Gasteiger partial charge is 0.497 e. The van der Waals surface area contributed by atoms with Crippen molar-refractivity contribution < 1.29 is 19.0 Å². The number of ether oxygens (including phenoxy) is 3. The summed E-state index contributed by atoms with van der Waals surface area (Å²) >= 11 is 0. The van der Waals surface area contributed by atoms with E-state index in [1.165, 1.54) is 5.69 Å². The number of carbonyl (C=O) groups is 1. The highest BCUT2D eigenvalue weighted by Crippen LogP contribution is 2.18. The molecule has 2 heterocycles. The molecule has 3 rings (SSSR count). The lowest BCUT2D eigenvalue weighted by Crippen LogP contribution is -2.43. The fourth-order valence-electron chi connectivity index (χ4n) is 3.15. The second-order valence-electron chi connectivity index (χ2n) is 8.03. The molecule has 0 aliphatic carbocycles. The molecule has 1 aliphatic heterocycles. The number of aromatic nitrogens is 2. The molecule has 152 valence electrons. The third-order valence-corrected chi connectivity index (χ3v) is 4.45. The lowest BCUT2D eigenvalue weighted by atomic mass is 10.1. The van der Waals surface area contributed by atoms with Gasteiger partial charge in [-0.25, -0.2) is 4.79 Å². The molecule has 1 aromatic carbocycles. The van der Waals surface area contributed by atoms with Gasteiger partial charge in [0.25, 0.3) is 0 Å². The highest BCUT2D eigenvalue weighted by atomic mass is 16.6. The van der Waals surface area contributed by atoms with Gasteiger partial charge in [0, 0.05) is 5.69 Å². The Morgan fingerprint density at radius 1 is 1.25 bits per heavy atom. The predicted octanol–water partition coefficient (Wildman–Crippen LogP) is 3.45. The average Bonchev–Trinajstić information content (AvgIpc) is 3.02. The van der Waals surface area contributed by atoms with Gasteiger partial charge < -0.3 is 19.5 Å². The Morgan fingerprint density at radius 2 is 2.00 bits per heavy atom. The van der Waals surface area contributed by atoms with E-state index in [2.05, 4.69) is 16.5 Å². The zero-order chi connectivity index (χ0) is 20.1. The van der Waals surface area contributed by atoms with Crippen molar-refractivity contribution in [3.05, 3.63) is 47.3 Å². The summed E-state index contributed by atoms with van der Waals surface area (Å²) in [5.41, 5.74) is 2.67. The minimum absolute atomic E-state index is 0.0234. The van der Waals surface area contributed by atoms with Crippen LogP contribution in [0.1, 0.15) is 44.1 Å². The number of methoxy groups -OCH3 is 1. The van der Waals surface area contributed by atoms with E-state index < -0.39 is 5.60 Å². The van der Waals surface area contributed by atoms with Crippen LogP contribution in [0.4, 0.5) is 4.79 Å². The molecular formula is C21H29N3O4. The van der Waals surface area contributed by atoms with E-state index in [0.29, 0.717) is 19.8 Å². The van der Waals surface area contributed by atoms with Gasteiger partial charge in [0.2, 0.25) is 0 Å². The van der Waals surface area contributed by atoms with Crippen molar-refractivity contribution in [2.75, 3.05) is 7.11 Å². The monoisotopic (exact) mass is 387 g/mol. The van der Waals surface area contributed by atoms with E-state index in [-0.39, 0.29) is 12.1 Å². The van der Waals surface area contributed by atoms with Crippen molar-refractivity contribution in [2.45, 2.75) is 65.0 Å². The Hall–Kier alpha value is -2.54. The van der Waals surface area contributed by atoms with Crippen molar-refractivity contribution in [3.8, 4) is 5.75 Å². The molecule has 0 radical (unpaired) electrons. The van der Waals surface area contributed by atoms with E-state index in [1.807, 2.05) is 49.7 Å². The first-order valence-electron chi connectivity index (χ1n) is 9.58. The Kier molecular flexibility index (Phi) is 6.24. The number of benzene rings is 1. The SMILES string of the molecule is COc1ccc(COCc2cc3n(n2)CC(NC(=O)OC(C)(C)C)CC3)cc1. The molecule has 0 bridgehead atoms. The molecule has 2 aromatic rings. The van der Waals surface area contributed by atoms with Gasteiger partial charge in [0.15, 0.2) is 0 Å². The van der Waals surface area contributed by atoms with E-state index in [0.717, 1.165) is 29.8 Å². The number of carbonyl (C=O) groups excluding carboxylic acids is 1. The minimum atomic E-state index is -0.496. The minimum Gasteiger partial charge on any atom is -0.497 e. The topological polar surface area (TPSA) is 74.6 Å². The van der Waals surface area contributed by atoms with Crippen LogP contribution in [0.3, 0.4) is 0 Å². The molecule has 1 atom stereocenters. The first kappa shape index (κ1) is 20.2. The van der Waals surface area contributed by atoms with Crippen molar-refractivity contribution in [2.24, 2.45) is 0 Å². The highest BCUT2D eigenvalue weighted by molar-refractivity contribution is 5.68. The number of nitrogens with one attached hydrogen (secondary N) is 1. The second kappa shape index (κ2) is 8.65. The van der Waals surface area contributed by atoms with Crippen LogP contribution >= 0.6 is 0 Å². The molecule has 1 N–H and O–H groups in total. The van der Waals surface area contributed by atoms with Crippen LogP contribution in [0, 0.1) is 0 Å². The van der Waals surface area contributed by atoms with Crippen LogP contribution < -0.4 is 10.1 Å². The van der Waals surface area contributed by atoms with Crippen molar-refractivity contribution in [3.63, 3.8) is 0 Å². The van der Waals surface area contributed by atoms with Gasteiger partial charge in [-0.2, -0.15) is 5.10 Å². The summed E-state index contributed by atoms with van der Waals surface area (Å²) < 4.78 is 18.2. The number of rotatable bonds is 6. The maximum Gasteiger partial charge on any atom is 0.407 e. The summed E-state index contributed by atoms with van der Waals surface area (Å²) in [5.74, 6) is 0.833. The van der Waals surface area contributed by atoms with Gasteiger partial charge >= 0.3 is 6.09 Å². The van der Waals surface area contributed by atoms with Crippen LogP contribution in [-0.4, -0.2) is 34.6 Å². The molecule has 0 fully saturated rings. The molecule has 0 spiro atoms. The fraction of sp³-hybridized carbons (Fsp3) is 0.524. The zero-order valence-electron chi connectivity index (χ0n) is 17.0. The second-order valence-corrected chi connectivity index (χ2v) is 8.03. The number of nitrogens with zero attached hydrogens (tertiary/aromatic N) is 2. The maximum absolute atomic E-state index is 12.0. The summed E-state index contributed by atoms with van der Waals surface area (Å²) in [7, 11) is 1.65. The molecule has 7 heteroatoms. The lowest BCUT2D eigenvalue weighted by molar-refractivity contribution is 0.0491. The normalized spacial score (nSPS) is 16.4. The smallest absolute Gasteiger partial charge is 0.407 e. The molecule has 1 aliphatic rings. The van der Waals surface area contributed by atoms with Gasteiger partial charge in [-0.15, -0.1) is 0 Å². The van der Waals surface area contributed by atoms with Crippen LogP contribution in [0.15, 0.2) is 30.3 Å². The average molecular weight is 387 g/mol. The van der Waals surface area contributed by atoms with E-state index >= 15 is 0 Å². The highest BCUT2D eigenvalue weighted by Gasteiger charge is 2.24. The lowest BCUT2D eigenvalue weighted by Gasteiger charge is -2.26. The van der Waals surface area contributed by atoms with Crippen molar-refractivity contribution in [1.29, 1.82) is 0 Å². The molecule has 1 aromatic heterocycles. The van der Waals surface area contributed by atoms with E-state index in [1.54, 1.807) is 7.11 Å². The van der Waals surface area contributed by atoms with Crippen LogP contribution in [0.5, 0.6) is 5.75 Å². The van der Waals surface area contributed by atoms with Gasteiger partial charge in [-0.05, 0) is 57.4 Å². The zero-order valence-corrected chi connectivity index (χ0v) is 17.0. The van der Waals surface area contributed by atoms with Gasteiger partial charge in [-0.1, -0.05) is 12.1 Å². The Balaban J connectivity index is 1.48. The number of aryl methyl sites for hydroxylation is 1. The molecule has 0 saturated carbocycles. The van der Waals surface area contributed by atoms with Crippen LogP contribution in [0.2, 0.25) is 0 Å². The molecule has 7 nitrogen and oxygen atoms in total. The number of hydrogen-bond acceptors (Lipinski definition) is 5.